The first kappa shape index (κ1) is 14.7. The number of nitrogens with one attached hydrogen (secondary N) is 1. The Labute approximate surface area is 115 Å². The zero-order valence-corrected chi connectivity index (χ0v) is 11.7. The van der Waals surface area contributed by atoms with Crippen LogP contribution in [0.3, 0.4) is 0 Å². The number of aryl methyl sites for hydroxylation is 1. The van der Waals surface area contributed by atoms with E-state index in [0.29, 0.717) is 12.8 Å². The van der Waals surface area contributed by atoms with Crippen LogP contribution in [0.5, 0.6) is 0 Å². The van der Waals surface area contributed by atoms with Crippen LogP contribution in [0.15, 0.2) is 28.7 Å². The number of hydrogen-bond acceptors (Lipinski definition) is 2. The van der Waals surface area contributed by atoms with Crippen molar-refractivity contribution in [2.24, 2.45) is 5.92 Å². The van der Waals surface area contributed by atoms with Crippen molar-refractivity contribution >= 4 is 27.8 Å². The summed E-state index contributed by atoms with van der Waals surface area (Å²) in [6, 6.07) is 7.77. The van der Waals surface area contributed by atoms with E-state index in [0.717, 1.165) is 10.0 Å². The molecule has 0 radical (unpaired) electrons. The van der Waals surface area contributed by atoms with Crippen LogP contribution < -0.4 is 5.32 Å². The van der Waals surface area contributed by atoms with E-state index in [1.54, 1.807) is 6.92 Å². The molecule has 98 valence electrons. The van der Waals surface area contributed by atoms with E-state index in [9.17, 15) is 9.59 Å². The molecule has 0 bridgehead atoms. The predicted molar refractivity (Wildman–Crippen MR) is 72.3 cm³/mol. The van der Waals surface area contributed by atoms with Gasteiger partial charge in [-0.2, -0.15) is 0 Å². The Hall–Kier alpha value is -1.36. The van der Waals surface area contributed by atoms with Crippen molar-refractivity contribution in [1.82, 2.24) is 5.32 Å². The van der Waals surface area contributed by atoms with Crippen molar-refractivity contribution in [2.45, 2.75) is 19.8 Å². The quantitative estimate of drug-likeness (QED) is 0.846. The molecular formula is C13H16BrNO3. The molecular weight excluding hydrogens is 298 g/mol. The van der Waals surface area contributed by atoms with Crippen molar-refractivity contribution in [2.75, 3.05) is 6.54 Å². The SMILES string of the molecule is CC(CNC(=O)CCc1cccc(Br)c1)C(=O)O. The average molecular weight is 314 g/mol. The number of aliphatic carboxylic acids is 1. The third-order valence-corrected chi connectivity index (χ3v) is 3.05. The number of hydrogen-bond donors (Lipinski definition) is 2. The third kappa shape index (κ3) is 5.31. The number of halogens is 1. The zero-order chi connectivity index (χ0) is 13.5. The molecule has 0 heterocycles. The molecule has 1 amide bonds. The molecule has 0 saturated carbocycles. The van der Waals surface area contributed by atoms with Gasteiger partial charge in [0.15, 0.2) is 0 Å². The smallest absolute Gasteiger partial charge is 0.308 e. The molecule has 0 fully saturated rings. The Kier molecular flexibility index (Phi) is 5.85. The molecule has 0 aliphatic rings. The van der Waals surface area contributed by atoms with Gasteiger partial charge < -0.3 is 10.4 Å². The van der Waals surface area contributed by atoms with Gasteiger partial charge in [0.1, 0.15) is 0 Å². The maximum absolute atomic E-state index is 11.5. The molecule has 0 aromatic heterocycles. The van der Waals surface area contributed by atoms with Gasteiger partial charge in [0.25, 0.3) is 0 Å². The van der Waals surface area contributed by atoms with Crippen LogP contribution in [0.25, 0.3) is 0 Å². The zero-order valence-electron chi connectivity index (χ0n) is 10.1. The molecule has 0 saturated heterocycles. The number of carboxylic acids is 1. The highest BCUT2D eigenvalue weighted by atomic mass is 79.9. The van der Waals surface area contributed by atoms with Gasteiger partial charge in [-0.15, -0.1) is 0 Å². The summed E-state index contributed by atoms with van der Waals surface area (Å²) in [6.07, 6.45) is 1.01. The van der Waals surface area contributed by atoms with Gasteiger partial charge in [-0.3, -0.25) is 9.59 Å². The molecule has 2 N–H and O–H groups in total. The van der Waals surface area contributed by atoms with Gasteiger partial charge >= 0.3 is 5.97 Å². The lowest BCUT2D eigenvalue weighted by Crippen LogP contribution is -2.31. The largest absolute Gasteiger partial charge is 0.481 e. The van der Waals surface area contributed by atoms with Crippen molar-refractivity contribution in [3.63, 3.8) is 0 Å². The maximum atomic E-state index is 11.5. The van der Waals surface area contributed by atoms with Crippen molar-refractivity contribution in [3.05, 3.63) is 34.3 Å². The fourth-order valence-corrected chi connectivity index (χ4v) is 1.84. The fourth-order valence-electron chi connectivity index (χ4n) is 1.39. The van der Waals surface area contributed by atoms with Crippen LogP contribution in [-0.2, 0) is 16.0 Å². The summed E-state index contributed by atoms with van der Waals surface area (Å²) in [5.41, 5.74) is 1.07. The summed E-state index contributed by atoms with van der Waals surface area (Å²) in [7, 11) is 0. The predicted octanol–water partition coefficient (Wildman–Crippen LogP) is 2.22. The molecule has 1 aromatic rings. The Morgan fingerprint density at radius 3 is 2.78 bits per heavy atom. The Morgan fingerprint density at radius 1 is 1.44 bits per heavy atom. The lowest BCUT2D eigenvalue weighted by atomic mass is 10.1. The molecule has 0 aliphatic heterocycles. The number of rotatable bonds is 6. The summed E-state index contributed by atoms with van der Waals surface area (Å²) in [5, 5.41) is 11.3. The molecule has 1 aromatic carbocycles. The van der Waals surface area contributed by atoms with Crippen LogP contribution in [0.4, 0.5) is 0 Å². The first-order valence-corrected chi connectivity index (χ1v) is 6.52. The van der Waals surface area contributed by atoms with Gasteiger partial charge in [-0.25, -0.2) is 0 Å². The van der Waals surface area contributed by atoms with Crippen LogP contribution in [0.2, 0.25) is 0 Å². The van der Waals surface area contributed by atoms with E-state index >= 15 is 0 Å². The average Bonchev–Trinajstić information content (AvgIpc) is 2.33. The Morgan fingerprint density at radius 2 is 2.17 bits per heavy atom. The van der Waals surface area contributed by atoms with Crippen LogP contribution >= 0.6 is 15.9 Å². The summed E-state index contributed by atoms with van der Waals surface area (Å²) < 4.78 is 0.986. The molecule has 1 rings (SSSR count). The second kappa shape index (κ2) is 7.16. The van der Waals surface area contributed by atoms with Gasteiger partial charge in [0.2, 0.25) is 5.91 Å². The van der Waals surface area contributed by atoms with E-state index < -0.39 is 11.9 Å². The highest BCUT2D eigenvalue weighted by Gasteiger charge is 2.11. The fraction of sp³-hybridized carbons (Fsp3) is 0.385. The number of carbonyl (C=O) groups excluding carboxylic acids is 1. The maximum Gasteiger partial charge on any atom is 0.308 e. The standard InChI is InChI=1S/C13H16BrNO3/c1-9(13(17)18)8-15-12(16)6-5-10-3-2-4-11(14)7-10/h2-4,7,9H,5-6,8H2,1H3,(H,15,16)(H,17,18). The lowest BCUT2D eigenvalue weighted by Gasteiger charge is -2.08. The summed E-state index contributed by atoms with van der Waals surface area (Å²) in [5.74, 6) is -1.58. The molecule has 0 spiro atoms. The van der Waals surface area contributed by atoms with Gasteiger partial charge in [0, 0.05) is 17.4 Å². The highest BCUT2D eigenvalue weighted by molar-refractivity contribution is 9.10. The minimum Gasteiger partial charge on any atom is -0.481 e. The van der Waals surface area contributed by atoms with Crippen LogP contribution in [0.1, 0.15) is 18.9 Å². The normalized spacial score (nSPS) is 11.9. The minimum absolute atomic E-state index is 0.122. The number of benzene rings is 1. The summed E-state index contributed by atoms with van der Waals surface area (Å²) in [6.45, 7) is 1.74. The summed E-state index contributed by atoms with van der Waals surface area (Å²) in [4.78, 5) is 22.1. The summed E-state index contributed by atoms with van der Waals surface area (Å²) >= 11 is 3.37. The van der Waals surface area contributed by atoms with E-state index in [1.165, 1.54) is 0 Å². The number of carboxylic acid groups (broad SMARTS) is 1. The number of amides is 1. The molecule has 4 nitrogen and oxygen atoms in total. The van der Waals surface area contributed by atoms with Crippen molar-refractivity contribution in [3.8, 4) is 0 Å². The molecule has 5 heteroatoms. The third-order valence-electron chi connectivity index (χ3n) is 2.56. The first-order chi connectivity index (χ1) is 8.49. The second-order valence-electron chi connectivity index (χ2n) is 4.17. The lowest BCUT2D eigenvalue weighted by molar-refractivity contribution is -0.141. The van der Waals surface area contributed by atoms with E-state index in [2.05, 4.69) is 21.2 Å². The topological polar surface area (TPSA) is 66.4 Å². The van der Waals surface area contributed by atoms with Gasteiger partial charge in [-0.05, 0) is 24.1 Å². The molecule has 18 heavy (non-hydrogen) atoms. The van der Waals surface area contributed by atoms with Crippen LogP contribution in [-0.4, -0.2) is 23.5 Å². The van der Waals surface area contributed by atoms with E-state index in [-0.39, 0.29) is 12.5 Å². The Bertz CT molecular complexity index is 434. The van der Waals surface area contributed by atoms with Crippen molar-refractivity contribution in [1.29, 1.82) is 0 Å². The first-order valence-electron chi connectivity index (χ1n) is 5.73. The number of carbonyl (C=O) groups is 2. The van der Waals surface area contributed by atoms with Gasteiger partial charge in [0.05, 0.1) is 5.92 Å². The molecule has 0 aliphatic carbocycles. The minimum atomic E-state index is -0.901. The van der Waals surface area contributed by atoms with Crippen LogP contribution in [0, 0.1) is 5.92 Å². The Balaban J connectivity index is 2.31. The van der Waals surface area contributed by atoms with Crippen molar-refractivity contribution < 1.29 is 14.7 Å². The van der Waals surface area contributed by atoms with Gasteiger partial charge in [-0.1, -0.05) is 35.0 Å². The molecule has 1 atom stereocenters. The monoisotopic (exact) mass is 313 g/mol. The molecule has 1 unspecified atom stereocenters. The van der Waals surface area contributed by atoms with E-state index in [4.69, 9.17) is 5.11 Å². The second-order valence-corrected chi connectivity index (χ2v) is 5.09. The highest BCUT2D eigenvalue weighted by Crippen LogP contribution is 2.12. The van der Waals surface area contributed by atoms with E-state index in [1.807, 2.05) is 24.3 Å².